The SMILES string of the molecule is O=P(O)(O)c1cccc(CCO)c1CCO. The summed E-state index contributed by atoms with van der Waals surface area (Å²) in [5.41, 5.74) is 1.10. The van der Waals surface area contributed by atoms with Crippen LogP contribution in [0.2, 0.25) is 0 Å². The number of hydrogen-bond donors (Lipinski definition) is 4. The van der Waals surface area contributed by atoms with Crippen LogP contribution in [0.1, 0.15) is 11.1 Å². The molecule has 1 aromatic rings. The maximum Gasteiger partial charge on any atom is 0.356 e. The van der Waals surface area contributed by atoms with Gasteiger partial charge in [0.2, 0.25) is 0 Å². The first-order chi connectivity index (χ1) is 7.50. The van der Waals surface area contributed by atoms with E-state index in [-0.39, 0.29) is 24.9 Å². The molecular weight excluding hydrogens is 231 g/mol. The fraction of sp³-hybridized carbons (Fsp3) is 0.400. The smallest absolute Gasteiger partial charge is 0.356 e. The van der Waals surface area contributed by atoms with E-state index in [4.69, 9.17) is 20.0 Å². The first-order valence-electron chi connectivity index (χ1n) is 4.89. The van der Waals surface area contributed by atoms with E-state index in [1.54, 1.807) is 12.1 Å². The van der Waals surface area contributed by atoms with Gasteiger partial charge >= 0.3 is 7.60 Å². The normalized spacial score (nSPS) is 11.8. The Morgan fingerprint density at radius 3 is 2.19 bits per heavy atom. The second kappa shape index (κ2) is 5.57. The van der Waals surface area contributed by atoms with E-state index < -0.39 is 7.60 Å². The van der Waals surface area contributed by atoms with Crippen molar-refractivity contribution in [2.45, 2.75) is 12.8 Å². The van der Waals surface area contributed by atoms with Gasteiger partial charge in [0.15, 0.2) is 0 Å². The third kappa shape index (κ3) is 3.14. The summed E-state index contributed by atoms with van der Waals surface area (Å²) < 4.78 is 11.2. The molecule has 0 radical (unpaired) electrons. The minimum Gasteiger partial charge on any atom is -0.396 e. The summed E-state index contributed by atoms with van der Waals surface area (Å²) in [5, 5.41) is 17.7. The van der Waals surface area contributed by atoms with Gasteiger partial charge in [-0.3, -0.25) is 4.57 Å². The van der Waals surface area contributed by atoms with Crippen molar-refractivity contribution in [3.05, 3.63) is 29.3 Å². The molecule has 0 atom stereocenters. The van der Waals surface area contributed by atoms with E-state index in [0.29, 0.717) is 17.5 Å². The molecule has 0 bridgehead atoms. The van der Waals surface area contributed by atoms with Crippen LogP contribution in [0.15, 0.2) is 18.2 Å². The zero-order chi connectivity index (χ0) is 12.2. The third-order valence-corrected chi connectivity index (χ3v) is 3.35. The van der Waals surface area contributed by atoms with Crippen LogP contribution in [0.3, 0.4) is 0 Å². The minimum absolute atomic E-state index is 0.0625. The van der Waals surface area contributed by atoms with E-state index in [1.807, 2.05) is 0 Å². The van der Waals surface area contributed by atoms with E-state index in [9.17, 15) is 4.57 Å². The molecule has 0 aliphatic carbocycles. The van der Waals surface area contributed by atoms with Gasteiger partial charge in [0, 0.05) is 13.2 Å². The first-order valence-corrected chi connectivity index (χ1v) is 6.50. The predicted octanol–water partition coefficient (Wildman–Crippen LogP) is -0.441. The van der Waals surface area contributed by atoms with Gasteiger partial charge in [-0.05, 0) is 30.0 Å². The Balaban J connectivity index is 3.26. The van der Waals surface area contributed by atoms with Crippen molar-refractivity contribution >= 4 is 12.9 Å². The summed E-state index contributed by atoms with van der Waals surface area (Å²) in [6, 6.07) is 4.59. The van der Waals surface area contributed by atoms with Crippen LogP contribution in [0.4, 0.5) is 0 Å². The Bertz CT molecular complexity index is 398. The highest BCUT2D eigenvalue weighted by Crippen LogP contribution is 2.35. The average molecular weight is 246 g/mol. The second-order valence-corrected chi connectivity index (χ2v) is 4.98. The summed E-state index contributed by atoms with van der Waals surface area (Å²) in [7, 11) is -4.33. The number of aliphatic hydroxyl groups is 2. The highest BCUT2D eigenvalue weighted by Gasteiger charge is 2.22. The molecular formula is C10H15O5P. The maximum atomic E-state index is 11.2. The van der Waals surface area contributed by atoms with Crippen molar-refractivity contribution in [1.82, 2.24) is 0 Å². The van der Waals surface area contributed by atoms with Gasteiger partial charge < -0.3 is 20.0 Å². The molecule has 1 aromatic carbocycles. The largest absolute Gasteiger partial charge is 0.396 e. The van der Waals surface area contributed by atoms with Gasteiger partial charge in [0.25, 0.3) is 0 Å². The van der Waals surface area contributed by atoms with Crippen molar-refractivity contribution in [1.29, 1.82) is 0 Å². The highest BCUT2D eigenvalue weighted by atomic mass is 31.2. The number of rotatable bonds is 5. The van der Waals surface area contributed by atoms with Gasteiger partial charge in [0.05, 0.1) is 5.30 Å². The summed E-state index contributed by atoms with van der Waals surface area (Å²) in [5.74, 6) is 0. The molecule has 0 fully saturated rings. The molecule has 6 heteroatoms. The van der Waals surface area contributed by atoms with Crippen LogP contribution in [0.25, 0.3) is 0 Å². The quantitative estimate of drug-likeness (QED) is 0.528. The van der Waals surface area contributed by atoms with E-state index in [1.165, 1.54) is 6.07 Å². The Morgan fingerprint density at radius 1 is 1.06 bits per heavy atom. The van der Waals surface area contributed by atoms with Crippen LogP contribution in [0, 0.1) is 0 Å². The van der Waals surface area contributed by atoms with E-state index in [0.717, 1.165) is 0 Å². The number of aliphatic hydroxyl groups excluding tert-OH is 2. The monoisotopic (exact) mass is 246 g/mol. The van der Waals surface area contributed by atoms with Crippen LogP contribution in [0.5, 0.6) is 0 Å². The molecule has 4 N–H and O–H groups in total. The summed E-state index contributed by atoms with van der Waals surface area (Å²) >= 11 is 0. The van der Waals surface area contributed by atoms with Crippen molar-refractivity contribution in [2.75, 3.05) is 13.2 Å². The molecule has 1 rings (SSSR count). The molecule has 5 nitrogen and oxygen atoms in total. The summed E-state index contributed by atoms with van der Waals surface area (Å²) in [6.45, 7) is -0.279. The van der Waals surface area contributed by atoms with E-state index >= 15 is 0 Å². The molecule has 0 spiro atoms. The Labute approximate surface area is 93.5 Å². The lowest BCUT2D eigenvalue weighted by Crippen LogP contribution is -2.16. The van der Waals surface area contributed by atoms with Crippen molar-refractivity contribution in [3.8, 4) is 0 Å². The Hall–Kier alpha value is -0.710. The van der Waals surface area contributed by atoms with Gasteiger partial charge in [-0.15, -0.1) is 0 Å². The summed E-state index contributed by atoms with van der Waals surface area (Å²) in [4.78, 5) is 18.3. The molecule has 0 saturated carbocycles. The molecule has 90 valence electrons. The Morgan fingerprint density at radius 2 is 1.69 bits per heavy atom. The maximum absolute atomic E-state index is 11.2. The third-order valence-electron chi connectivity index (χ3n) is 2.31. The van der Waals surface area contributed by atoms with Crippen LogP contribution in [-0.4, -0.2) is 33.2 Å². The average Bonchev–Trinajstić information content (AvgIpc) is 2.19. The van der Waals surface area contributed by atoms with Gasteiger partial charge in [-0.25, -0.2) is 0 Å². The first kappa shape index (κ1) is 13.4. The van der Waals surface area contributed by atoms with Crippen molar-refractivity contribution < 1.29 is 24.6 Å². The van der Waals surface area contributed by atoms with Crippen molar-refractivity contribution in [3.63, 3.8) is 0 Å². The molecule has 16 heavy (non-hydrogen) atoms. The standard InChI is InChI=1S/C10H15O5P/c11-6-4-8-2-1-3-10(16(13,14)15)9(8)5-7-12/h1-3,11-12H,4-7H2,(H2,13,14,15). The fourth-order valence-electron chi connectivity index (χ4n) is 1.65. The lowest BCUT2D eigenvalue weighted by molar-refractivity contribution is 0.293. The van der Waals surface area contributed by atoms with Crippen LogP contribution in [-0.2, 0) is 17.4 Å². The minimum atomic E-state index is -4.33. The predicted molar refractivity (Wildman–Crippen MR) is 59.7 cm³/mol. The van der Waals surface area contributed by atoms with Gasteiger partial charge in [-0.2, -0.15) is 0 Å². The molecule has 0 heterocycles. The number of hydrogen-bond acceptors (Lipinski definition) is 3. The van der Waals surface area contributed by atoms with Crippen molar-refractivity contribution in [2.24, 2.45) is 0 Å². The molecule has 0 aliphatic heterocycles. The second-order valence-electron chi connectivity index (χ2n) is 3.41. The lowest BCUT2D eigenvalue weighted by atomic mass is 10.0. The van der Waals surface area contributed by atoms with Gasteiger partial charge in [-0.1, -0.05) is 12.1 Å². The summed E-state index contributed by atoms with van der Waals surface area (Å²) in [6.07, 6.45) is 0.500. The Kier molecular flexibility index (Phi) is 4.65. The number of benzene rings is 1. The highest BCUT2D eigenvalue weighted by molar-refractivity contribution is 7.60. The van der Waals surface area contributed by atoms with Crippen LogP contribution < -0.4 is 5.30 Å². The topological polar surface area (TPSA) is 98.0 Å². The zero-order valence-corrected chi connectivity index (χ0v) is 9.60. The molecule has 0 aromatic heterocycles. The van der Waals surface area contributed by atoms with Gasteiger partial charge in [0.1, 0.15) is 0 Å². The molecule has 0 saturated heterocycles. The lowest BCUT2D eigenvalue weighted by Gasteiger charge is -2.14. The molecule has 0 amide bonds. The molecule has 0 aliphatic rings. The van der Waals surface area contributed by atoms with Crippen LogP contribution >= 0.6 is 7.60 Å². The van der Waals surface area contributed by atoms with E-state index in [2.05, 4.69) is 0 Å². The fourth-order valence-corrected chi connectivity index (χ4v) is 2.54. The zero-order valence-electron chi connectivity index (χ0n) is 8.70. The molecule has 0 unspecified atom stereocenters.